The fourth-order valence-corrected chi connectivity index (χ4v) is 2.54. The Labute approximate surface area is 118 Å². The Morgan fingerprint density at radius 2 is 1.95 bits per heavy atom. The predicted molar refractivity (Wildman–Crippen MR) is 75.2 cm³/mol. The van der Waals surface area contributed by atoms with Gasteiger partial charge in [-0.3, -0.25) is 4.79 Å². The van der Waals surface area contributed by atoms with Gasteiger partial charge in [-0.2, -0.15) is 0 Å². The molecule has 2 amide bonds. The second-order valence-electron chi connectivity index (χ2n) is 6.04. The lowest BCUT2D eigenvalue weighted by molar-refractivity contribution is -0.119. The summed E-state index contributed by atoms with van der Waals surface area (Å²) in [6.07, 6.45) is 0.0600. The molecule has 1 aromatic carbocycles. The molecular formula is C15H20N2O3. The van der Waals surface area contributed by atoms with Crippen LogP contribution in [-0.4, -0.2) is 23.6 Å². The number of nitrogens with one attached hydrogen (secondary N) is 1. The molecule has 0 heterocycles. The van der Waals surface area contributed by atoms with Crippen molar-refractivity contribution in [2.45, 2.75) is 44.8 Å². The smallest absolute Gasteiger partial charge is 0.407 e. The highest BCUT2D eigenvalue weighted by atomic mass is 16.6. The van der Waals surface area contributed by atoms with Crippen LogP contribution in [0.5, 0.6) is 0 Å². The number of fused-ring (bicyclic) bond motifs is 1. The van der Waals surface area contributed by atoms with Crippen LogP contribution in [0.2, 0.25) is 0 Å². The molecular weight excluding hydrogens is 256 g/mol. The molecule has 0 aromatic heterocycles. The summed E-state index contributed by atoms with van der Waals surface area (Å²) in [5, 5.41) is 2.75. The van der Waals surface area contributed by atoms with Gasteiger partial charge in [0.15, 0.2) is 0 Å². The van der Waals surface area contributed by atoms with Crippen molar-refractivity contribution < 1.29 is 14.3 Å². The number of rotatable bonds is 2. The van der Waals surface area contributed by atoms with Crippen LogP contribution in [-0.2, 0) is 16.0 Å². The molecule has 0 bridgehead atoms. The summed E-state index contributed by atoms with van der Waals surface area (Å²) in [6, 6.07) is 7.25. The van der Waals surface area contributed by atoms with Crippen molar-refractivity contribution in [1.82, 2.24) is 5.32 Å². The average Bonchev–Trinajstić information content (AvgIpc) is 2.63. The molecule has 0 saturated carbocycles. The molecule has 2 unspecified atom stereocenters. The second kappa shape index (κ2) is 5.15. The van der Waals surface area contributed by atoms with E-state index in [2.05, 4.69) is 5.32 Å². The highest BCUT2D eigenvalue weighted by Gasteiger charge is 2.37. The number of nitrogens with two attached hydrogens (primary N) is 1. The van der Waals surface area contributed by atoms with E-state index in [0.717, 1.165) is 11.1 Å². The SMILES string of the molecule is CC(C)(C)OC(=O)NC1Cc2ccccc2C1C(N)=O. The lowest BCUT2D eigenvalue weighted by Gasteiger charge is -2.23. The van der Waals surface area contributed by atoms with Crippen LogP contribution in [0.4, 0.5) is 4.79 Å². The van der Waals surface area contributed by atoms with E-state index in [1.54, 1.807) is 20.8 Å². The van der Waals surface area contributed by atoms with Crippen molar-refractivity contribution in [2.75, 3.05) is 0 Å². The number of hydrogen-bond donors (Lipinski definition) is 2. The maximum absolute atomic E-state index is 11.8. The zero-order chi connectivity index (χ0) is 14.9. The topological polar surface area (TPSA) is 81.4 Å². The van der Waals surface area contributed by atoms with Gasteiger partial charge in [0.25, 0.3) is 0 Å². The van der Waals surface area contributed by atoms with E-state index in [0.29, 0.717) is 6.42 Å². The van der Waals surface area contributed by atoms with Gasteiger partial charge in [-0.1, -0.05) is 24.3 Å². The standard InChI is InChI=1S/C15H20N2O3/c1-15(2,3)20-14(19)17-11-8-9-6-4-5-7-10(9)12(11)13(16)18/h4-7,11-12H,8H2,1-3H3,(H2,16,18)(H,17,19). The van der Waals surface area contributed by atoms with Crippen LogP contribution in [0.15, 0.2) is 24.3 Å². The number of carbonyl (C=O) groups excluding carboxylic acids is 2. The zero-order valence-corrected chi connectivity index (χ0v) is 12.0. The molecule has 0 spiro atoms. The van der Waals surface area contributed by atoms with Crippen LogP contribution in [0.1, 0.15) is 37.8 Å². The van der Waals surface area contributed by atoms with E-state index >= 15 is 0 Å². The minimum Gasteiger partial charge on any atom is -0.444 e. The first kappa shape index (κ1) is 14.4. The Balaban J connectivity index is 2.14. The number of amides is 2. The van der Waals surface area contributed by atoms with Crippen molar-refractivity contribution in [2.24, 2.45) is 5.73 Å². The van der Waals surface area contributed by atoms with Crippen molar-refractivity contribution >= 4 is 12.0 Å². The van der Waals surface area contributed by atoms with Gasteiger partial charge in [-0.25, -0.2) is 4.79 Å². The lowest BCUT2D eigenvalue weighted by Crippen LogP contribution is -2.44. The Kier molecular flexibility index (Phi) is 3.70. The summed E-state index contributed by atoms with van der Waals surface area (Å²) in [4.78, 5) is 23.5. The first-order valence-electron chi connectivity index (χ1n) is 6.64. The summed E-state index contributed by atoms with van der Waals surface area (Å²) in [5.74, 6) is -0.935. The van der Waals surface area contributed by atoms with Crippen LogP contribution < -0.4 is 11.1 Å². The third kappa shape index (κ3) is 3.10. The van der Waals surface area contributed by atoms with Gasteiger partial charge in [0.1, 0.15) is 5.60 Å². The average molecular weight is 276 g/mol. The summed E-state index contributed by atoms with van der Waals surface area (Å²) in [5.41, 5.74) is 6.83. The lowest BCUT2D eigenvalue weighted by atomic mass is 9.98. The summed E-state index contributed by atoms with van der Waals surface area (Å²) in [7, 11) is 0. The molecule has 2 rings (SSSR count). The minimum atomic E-state index is -0.572. The molecule has 2 atom stereocenters. The zero-order valence-electron chi connectivity index (χ0n) is 12.0. The Hall–Kier alpha value is -2.04. The Morgan fingerprint density at radius 1 is 1.30 bits per heavy atom. The number of ether oxygens (including phenoxy) is 1. The minimum absolute atomic E-state index is 0.347. The quantitative estimate of drug-likeness (QED) is 0.862. The summed E-state index contributed by atoms with van der Waals surface area (Å²) < 4.78 is 5.22. The molecule has 0 saturated heterocycles. The fourth-order valence-electron chi connectivity index (χ4n) is 2.54. The van der Waals surface area contributed by atoms with Crippen LogP contribution in [0.3, 0.4) is 0 Å². The predicted octanol–water partition coefficient (Wildman–Crippen LogP) is 1.70. The van der Waals surface area contributed by atoms with Gasteiger partial charge >= 0.3 is 6.09 Å². The number of hydrogen-bond acceptors (Lipinski definition) is 3. The molecule has 5 nitrogen and oxygen atoms in total. The molecule has 1 aliphatic carbocycles. The van der Waals surface area contributed by atoms with E-state index in [4.69, 9.17) is 10.5 Å². The largest absolute Gasteiger partial charge is 0.444 e. The van der Waals surface area contributed by atoms with Gasteiger partial charge in [0, 0.05) is 0 Å². The highest BCUT2D eigenvalue weighted by Crippen LogP contribution is 2.33. The van der Waals surface area contributed by atoms with Crippen molar-refractivity contribution in [3.8, 4) is 0 Å². The van der Waals surface area contributed by atoms with E-state index in [9.17, 15) is 9.59 Å². The Morgan fingerprint density at radius 3 is 2.55 bits per heavy atom. The van der Waals surface area contributed by atoms with Crippen LogP contribution in [0, 0.1) is 0 Å². The molecule has 20 heavy (non-hydrogen) atoms. The molecule has 108 valence electrons. The molecule has 5 heteroatoms. The first-order valence-corrected chi connectivity index (χ1v) is 6.64. The molecule has 1 aliphatic rings. The van der Waals surface area contributed by atoms with Crippen molar-refractivity contribution in [3.63, 3.8) is 0 Å². The number of carbonyl (C=O) groups is 2. The molecule has 3 N–H and O–H groups in total. The molecule has 0 radical (unpaired) electrons. The van der Waals surface area contributed by atoms with Gasteiger partial charge in [-0.15, -0.1) is 0 Å². The maximum atomic E-state index is 11.8. The van der Waals surface area contributed by atoms with Crippen LogP contribution in [0.25, 0.3) is 0 Å². The summed E-state index contributed by atoms with van der Waals surface area (Å²) in [6.45, 7) is 5.38. The van der Waals surface area contributed by atoms with Gasteiger partial charge in [0.05, 0.1) is 12.0 Å². The number of primary amides is 1. The third-order valence-corrected chi connectivity index (χ3v) is 3.24. The number of benzene rings is 1. The fraction of sp³-hybridized carbons (Fsp3) is 0.467. The molecule has 0 aliphatic heterocycles. The van der Waals surface area contributed by atoms with E-state index < -0.39 is 23.5 Å². The van der Waals surface area contributed by atoms with Gasteiger partial charge in [-0.05, 0) is 38.3 Å². The highest BCUT2D eigenvalue weighted by molar-refractivity contribution is 5.85. The first-order chi connectivity index (χ1) is 9.28. The number of alkyl carbamates (subject to hydrolysis) is 1. The van der Waals surface area contributed by atoms with Crippen molar-refractivity contribution in [1.29, 1.82) is 0 Å². The molecule has 1 aromatic rings. The van der Waals surface area contributed by atoms with Gasteiger partial charge in [0.2, 0.25) is 5.91 Å². The Bertz CT molecular complexity index is 534. The van der Waals surface area contributed by atoms with E-state index in [-0.39, 0.29) is 6.04 Å². The van der Waals surface area contributed by atoms with Crippen molar-refractivity contribution in [3.05, 3.63) is 35.4 Å². The maximum Gasteiger partial charge on any atom is 0.407 e. The molecule has 0 fully saturated rings. The monoisotopic (exact) mass is 276 g/mol. The van der Waals surface area contributed by atoms with Gasteiger partial charge < -0.3 is 15.8 Å². The van der Waals surface area contributed by atoms with Crippen LogP contribution >= 0.6 is 0 Å². The normalized spacial score (nSPS) is 21.1. The second-order valence-corrected chi connectivity index (χ2v) is 6.04. The summed E-state index contributed by atoms with van der Waals surface area (Å²) >= 11 is 0. The van der Waals surface area contributed by atoms with E-state index in [1.807, 2.05) is 24.3 Å². The van der Waals surface area contributed by atoms with E-state index in [1.165, 1.54) is 0 Å². The third-order valence-electron chi connectivity index (χ3n) is 3.24.